The summed E-state index contributed by atoms with van der Waals surface area (Å²) in [7, 11) is -3.37. The number of urea groups is 1. The molecule has 4 aromatic carbocycles. The van der Waals surface area contributed by atoms with Crippen molar-refractivity contribution < 1.29 is 79.8 Å². The van der Waals surface area contributed by atoms with E-state index >= 15 is 4.57 Å². The minimum absolute atomic E-state index is 0.0787. The van der Waals surface area contributed by atoms with Crippen LogP contribution in [-0.2, 0) is 66.3 Å². The monoisotopic (exact) mass is 1270 g/mol. The van der Waals surface area contributed by atoms with Crippen LogP contribution < -0.4 is 25.4 Å². The zero-order chi connectivity index (χ0) is 64.4. The van der Waals surface area contributed by atoms with Gasteiger partial charge in [0.2, 0.25) is 24.3 Å². The Morgan fingerprint density at radius 3 is 2.03 bits per heavy atom. The van der Waals surface area contributed by atoms with E-state index in [-0.39, 0.29) is 48.0 Å². The first-order chi connectivity index (χ1) is 43.1. The van der Waals surface area contributed by atoms with Crippen LogP contribution in [0.4, 0.5) is 10.6 Å². The van der Waals surface area contributed by atoms with E-state index in [0.717, 1.165) is 24.8 Å². The standard InChI is InChI=1S/C62H70N9O17PSi/c1-61(2,3)90(8,9)88-47-33-52(71-59(76)45(58(75)69-60(71)77)28-29-50(72)64-34-53(73)81-7)86-49(47)36-84-89(78,83-31-30-63-4)87-46-32-51(70-38-67-54-55(65-37-66-56(54)70)68-57(74)39-16-12-10-13-17-39)85-48(46)35-82-62(40-18-14-11-15-19-40,41-20-24-43(79-5)25-21-41)42-22-26-44(80-6)27-23-42/h10-29,37-38,45-49,51-52H,30-36H2,1-3,5-9H3,(H,64,72)(H,69,75,77)(H,65,66,68,74). The number of esters is 1. The first-order valence-corrected chi connectivity index (χ1v) is 33.1. The number of nitrogens with one attached hydrogen (secondary N) is 3. The van der Waals surface area contributed by atoms with Gasteiger partial charge in [0.15, 0.2) is 25.3 Å². The number of anilines is 1. The van der Waals surface area contributed by atoms with Crippen LogP contribution in [0.25, 0.3) is 16.0 Å². The molecule has 26 nitrogen and oxygen atoms in total. The summed E-state index contributed by atoms with van der Waals surface area (Å²) in [5.41, 5.74) is 1.59. The molecule has 0 bridgehead atoms. The summed E-state index contributed by atoms with van der Waals surface area (Å²) in [5.74, 6) is -4.40. The molecule has 0 spiro atoms. The van der Waals surface area contributed by atoms with Crippen LogP contribution in [-0.4, -0.2) is 153 Å². The molecular weight excluding hydrogens is 1200 g/mol. The summed E-state index contributed by atoms with van der Waals surface area (Å²) in [6, 6.07) is 31.8. The zero-order valence-electron chi connectivity index (χ0n) is 50.8. The van der Waals surface area contributed by atoms with Gasteiger partial charge in [-0.25, -0.2) is 35.8 Å². The van der Waals surface area contributed by atoms with Gasteiger partial charge in [0, 0.05) is 24.5 Å². The lowest BCUT2D eigenvalue weighted by Crippen LogP contribution is -2.60. The van der Waals surface area contributed by atoms with Crippen molar-refractivity contribution in [2.24, 2.45) is 5.92 Å². The number of aromatic nitrogens is 4. The third-order valence-corrected chi connectivity index (χ3v) is 21.9. The summed E-state index contributed by atoms with van der Waals surface area (Å²) < 4.78 is 79.5. The van der Waals surface area contributed by atoms with Gasteiger partial charge in [0.05, 0.1) is 47.0 Å². The maximum Gasteiger partial charge on any atom is 0.475 e. The van der Waals surface area contributed by atoms with E-state index in [0.29, 0.717) is 33.1 Å². The van der Waals surface area contributed by atoms with Crippen molar-refractivity contribution in [3.63, 3.8) is 0 Å². The molecule has 8 atom stereocenters. The number of nitrogens with zero attached hydrogens (tertiary/aromatic N) is 6. The number of methoxy groups -OCH3 is 3. The highest BCUT2D eigenvalue weighted by Crippen LogP contribution is 2.55. The van der Waals surface area contributed by atoms with Crippen LogP contribution >= 0.6 is 7.82 Å². The van der Waals surface area contributed by atoms with Crippen LogP contribution in [0, 0.1) is 12.5 Å². The van der Waals surface area contributed by atoms with Gasteiger partial charge in [0.25, 0.3) is 5.91 Å². The predicted octanol–water partition coefficient (Wildman–Crippen LogP) is 7.88. The molecule has 474 valence electrons. The minimum Gasteiger partial charge on any atom is -0.497 e. The second kappa shape index (κ2) is 28.5. The highest BCUT2D eigenvalue weighted by Gasteiger charge is 2.53. The van der Waals surface area contributed by atoms with Gasteiger partial charge in [0.1, 0.15) is 73.3 Å². The van der Waals surface area contributed by atoms with E-state index in [2.05, 4.69) is 40.5 Å². The Hall–Kier alpha value is -8.55. The predicted molar refractivity (Wildman–Crippen MR) is 326 cm³/mol. The van der Waals surface area contributed by atoms with Gasteiger partial charge >= 0.3 is 19.8 Å². The van der Waals surface area contributed by atoms with Crippen LogP contribution in [0.3, 0.4) is 0 Å². The molecule has 3 aliphatic heterocycles. The third-order valence-electron chi connectivity index (χ3n) is 15.9. The first kappa shape index (κ1) is 65.9. The van der Waals surface area contributed by atoms with E-state index in [4.69, 9.17) is 48.3 Å². The Morgan fingerprint density at radius 2 is 1.41 bits per heavy atom. The number of fused-ring (bicyclic) bond motifs is 1. The topological polar surface area (TPSA) is 299 Å². The Morgan fingerprint density at radius 1 is 0.800 bits per heavy atom. The van der Waals surface area contributed by atoms with Gasteiger partial charge in [-0.3, -0.25) is 47.4 Å². The summed E-state index contributed by atoms with van der Waals surface area (Å²) >= 11 is 0. The van der Waals surface area contributed by atoms with Crippen molar-refractivity contribution >= 4 is 68.8 Å². The zero-order valence-corrected chi connectivity index (χ0v) is 52.7. The van der Waals surface area contributed by atoms with Gasteiger partial charge < -0.3 is 48.3 Å². The molecule has 0 saturated carbocycles. The molecular formula is C62H70N9O17PSi. The van der Waals surface area contributed by atoms with Crippen LogP contribution in [0.5, 0.6) is 11.5 Å². The van der Waals surface area contributed by atoms with Crippen molar-refractivity contribution in [3.8, 4) is 11.5 Å². The number of imidazole rings is 1. The summed E-state index contributed by atoms with van der Waals surface area (Å²) in [6.07, 6.45) is -2.47. The number of rotatable bonds is 26. The average Bonchev–Trinajstić information content (AvgIpc) is 1.04. The SMILES string of the molecule is [C-]#[N+]CCOP(=O)(OCC1OC(N2C(=O)NC(=O)C(C=CC(=O)NCC(=O)OC)C2=O)CC1O[Si](C)(C)C(C)(C)C)OC1CC(n2cnc3c(NC(=O)c4ccccc4)ncnc32)OC1COC(c1ccccc1)(c1ccc(OC)cc1)c1ccc(OC)cc1. The largest absolute Gasteiger partial charge is 0.497 e. The van der Waals surface area contributed by atoms with E-state index in [1.807, 2.05) is 113 Å². The fourth-order valence-electron chi connectivity index (χ4n) is 10.2. The molecule has 5 heterocycles. The van der Waals surface area contributed by atoms with Crippen LogP contribution in [0.2, 0.25) is 18.1 Å². The number of barbiturate groups is 1. The molecule has 9 rings (SSSR count). The number of ether oxygens (including phenoxy) is 6. The molecule has 6 amide bonds. The fraction of sp³-hybridized carbons (Fsp3) is 0.387. The number of amides is 6. The molecule has 8 unspecified atom stereocenters. The molecule has 3 fully saturated rings. The maximum atomic E-state index is 15.7. The Balaban J connectivity index is 1.06. The number of phosphoric ester groups is 1. The smallest absolute Gasteiger partial charge is 0.475 e. The lowest BCUT2D eigenvalue weighted by atomic mass is 9.80. The fourth-order valence-corrected chi connectivity index (χ4v) is 12.9. The van der Waals surface area contributed by atoms with Crippen LogP contribution in [0.1, 0.15) is 66.9 Å². The molecule has 6 aromatic rings. The Bertz CT molecular complexity index is 3630. The number of hydrogen-bond donors (Lipinski definition) is 3. The molecule has 90 heavy (non-hydrogen) atoms. The lowest BCUT2D eigenvalue weighted by Gasteiger charge is -2.39. The quantitative estimate of drug-likeness (QED) is 0.00679. The van der Waals surface area contributed by atoms with Crippen molar-refractivity contribution in [2.75, 3.05) is 59.6 Å². The second-order valence-electron chi connectivity index (χ2n) is 22.6. The number of carbonyl (C=O) groups is 6. The van der Waals surface area contributed by atoms with Gasteiger partial charge in [-0.1, -0.05) is 99.6 Å². The minimum atomic E-state index is -4.90. The number of hydrogen-bond acceptors (Lipinski definition) is 20. The highest BCUT2D eigenvalue weighted by molar-refractivity contribution is 7.48. The molecule has 3 saturated heterocycles. The molecule has 3 N–H and O–H groups in total. The van der Waals surface area contributed by atoms with Crippen molar-refractivity contribution in [1.29, 1.82) is 0 Å². The van der Waals surface area contributed by atoms with Crippen LogP contribution in [0.15, 0.2) is 134 Å². The van der Waals surface area contributed by atoms with Crippen molar-refractivity contribution in [1.82, 2.24) is 35.1 Å². The average molecular weight is 1270 g/mol. The van der Waals surface area contributed by atoms with E-state index in [9.17, 15) is 28.8 Å². The number of imide groups is 2. The number of phosphoric acid groups is 1. The van der Waals surface area contributed by atoms with Crippen molar-refractivity contribution in [2.45, 2.75) is 94.2 Å². The summed E-state index contributed by atoms with van der Waals surface area (Å²) in [4.78, 5) is 96.2. The first-order valence-electron chi connectivity index (χ1n) is 28.7. The van der Waals surface area contributed by atoms with Gasteiger partial charge in [-0.15, -0.1) is 0 Å². The highest BCUT2D eigenvalue weighted by atomic mass is 31.2. The molecule has 28 heteroatoms. The number of carbonyl (C=O) groups excluding carboxylic acids is 6. The lowest BCUT2D eigenvalue weighted by molar-refractivity contribution is -0.150. The van der Waals surface area contributed by atoms with Crippen molar-refractivity contribution in [3.05, 3.63) is 168 Å². The van der Waals surface area contributed by atoms with E-state index in [1.165, 1.54) is 12.7 Å². The van der Waals surface area contributed by atoms with E-state index in [1.54, 1.807) is 49.1 Å². The second-order valence-corrected chi connectivity index (χ2v) is 28.9. The summed E-state index contributed by atoms with van der Waals surface area (Å²) in [6.45, 7) is 15.6. The summed E-state index contributed by atoms with van der Waals surface area (Å²) in [5, 5.41) is 6.88. The Labute approximate surface area is 520 Å². The van der Waals surface area contributed by atoms with Gasteiger partial charge in [-0.2, -0.15) is 0 Å². The normalized spacial score (nSPS) is 21.2. The van der Waals surface area contributed by atoms with Gasteiger partial charge in [-0.05, 0) is 71.2 Å². The Kier molecular flexibility index (Phi) is 20.9. The van der Waals surface area contributed by atoms with E-state index < -0.39 is 120 Å². The third kappa shape index (κ3) is 14.9. The molecule has 0 aliphatic carbocycles. The maximum absolute atomic E-state index is 15.7. The molecule has 2 aromatic heterocycles. The molecule has 3 aliphatic rings. The number of benzene rings is 4. The molecule has 0 radical (unpaired) electrons.